The van der Waals surface area contributed by atoms with Crippen LogP contribution in [0.2, 0.25) is 0 Å². The molecule has 1 N–H and O–H groups in total. The summed E-state index contributed by atoms with van der Waals surface area (Å²) >= 11 is 0. The minimum Gasteiger partial charge on any atom is -0.481 e. The minimum atomic E-state index is -0.681. The second-order valence-corrected chi connectivity index (χ2v) is 3.71. The summed E-state index contributed by atoms with van der Waals surface area (Å²) in [5.41, 5.74) is 2.34. The number of aromatic nitrogens is 2. The molecule has 1 atom stereocenters. The maximum Gasteiger partial charge on any atom is 0.306 e. The lowest BCUT2D eigenvalue weighted by Crippen LogP contribution is -2.23. The molecule has 0 fully saturated rings. The number of rotatable bonds is 2. The van der Waals surface area contributed by atoms with Crippen LogP contribution >= 0.6 is 0 Å². The SMILES string of the molecule is CCn1ncc2c1CC(C(=O)O)CC2. The smallest absolute Gasteiger partial charge is 0.306 e. The first-order valence-corrected chi connectivity index (χ1v) is 4.98. The zero-order chi connectivity index (χ0) is 10.1. The van der Waals surface area contributed by atoms with Gasteiger partial charge in [0, 0.05) is 18.7 Å². The van der Waals surface area contributed by atoms with Crippen LogP contribution in [0.1, 0.15) is 24.6 Å². The molecule has 0 aromatic carbocycles. The summed E-state index contributed by atoms with van der Waals surface area (Å²) < 4.78 is 1.91. The molecule has 1 unspecified atom stereocenters. The van der Waals surface area contributed by atoms with E-state index in [1.54, 1.807) is 0 Å². The maximum absolute atomic E-state index is 10.9. The fourth-order valence-electron chi connectivity index (χ4n) is 2.04. The Bertz CT molecular complexity index is 344. The number of carboxylic acid groups (broad SMARTS) is 1. The lowest BCUT2D eigenvalue weighted by Gasteiger charge is -2.19. The molecule has 76 valence electrons. The van der Waals surface area contributed by atoms with Crippen LogP contribution < -0.4 is 0 Å². The Morgan fingerprint density at radius 2 is 2.57 bits per heavy atom. The van der Waals surface area contributed by atoms with Crippen LogP contribution in [0.3, 0.4) is 0 Å². The second-order valence-electron chi connectivity index (χ2n) is 3.71. The highest BCUT2D eigenvalue weighted by atomic mass is 16.4. The molecule has 0 saturated carbocycles. The Balaban J connectivity index is 2.27. The number of hydrogen-bond acceptors (Lipinski definition) is 2. The molecule has 0 radical (unpaired) electrons. The third-order valence-electron chi connectivity index (χ3n) is 2.89. The number of carboxylic acids is 1. The monoisotopic (exact) mass is 194 g/mol. The molecule has 14 heavy (non-hydrogen) atoms. The van der Waals surface area contributed by atoms with Gasteiger partial charge in [0.05, 0.1) is 12.1 Å². The van der Waals surface area contributed by atoms with E-state index in [1.807, 2.05) is 17.8 Å². The van der Waals surface area contributed by atoms with Crippen LogP contribution in [-0.4, -0.2) is 20.9 Å². The molecule has 1 aromatic rings. The lowest BCUT2D eigenvalue weighted by atomic mass is 9.88. The van der Waals surface area contributed by atoms with Crippen molar-refractivity contribution in [2.75, 3.05) is 0 Å². The van der Waals surface area contributed by atoms with Crippen molar-refractivity contribution < 1.29 is 9.90 Å². The summed E-state index contributed by atoms with van der Waals surface area (Å²) in [6.45, 7) is 2.85. The van der Waals surface area contributed by atoms with Crippen LogP contribution in [-0.2, 0) is 24.2 Å². The predicted molar refractivity (Wildman–Crippen MR) is 51.1 cm³/mol. The van der Waals surface area contributed by atoms with Crippen molar-refractivity contribution in [2.24, 2.45) is 5.92 Å². The number of aryl methyl sites for hydroxylation is 2. The number of fused-ring (bicyclic) bond motifs is 1. The first kappa shape index (κ1) is 9.24. The predicted octanol–water partition coefficient (Wildman–Crippen LogP) is 1.09. The number of aliphatic carboxylic acids is 1. The Kier molecular flexibility index (Phi) is 2.27. The maximum atomic E-state index is 10.9. The summed E-state index contributed by atoms with van der Waals surface area (Å²) in [6, 6.07) is 0. The highest BCUT2D eigenvalue weighted by Crippen LogP contribution is 2.25. The van der Waals surface area contributed by atoms with E-state index in [0.29, 0.717) is 6.42 Å². The third-order valence-corrected chi connectivity index (χ3v) is 2.89. The van der Waals surface area contributed by atoms with E-state index in [0.717, 1.165) is 25.1 Å². The number of nitrogens with zero attached hydrogens (tertiary/aromatic N) is 2. The van der Waals surface area contributed by atoms with Gasteiger partial charge in [-0.15, -0.1) is 0 Å². The molecule has 2 rings (SSSR count). The Hall–Kier alpha value is -1.32. The molecule has 0 aliphatic heterocycles. The van der Waals surface area contributed by atoms with Crippen LogP contribution in [0.25, 0.3) is 0 Å². The molecule has 4 nitrogen and oxygen atoms in total. The van der Waals surface area contributed by atoms with E-state index in [-0.39, 0.29) is 5.92 Å². The zero-order valence-electron chi connectivity index (χ0n) is 8.23. The van der Waals surface area contributed by atoms with E-state index < -0.39 is 5.97 Å². The lowest BCUT2D eigenvalue weighted by molar-refractivity contribution is -0.142. The molecule has 1 aliphatic carbocycles. The number of carbonyl (C=O) groups is 1. The minimum absolute atomic E-state index is 0.218. The van der Waals surface area contributed by atoms with Crippen molar-refractivity contribution in [1.82, 2.24) is 9.78 Å². The third kappa shape index (κ3) is 1.41. The van der Waals surface area contributed by atoms with E-state index in [4.69, 9.17) is 5.11 Å². The average molecular weight is 194 g/mol. The fraction of sp³-hybridized carbons (Fsp3) is 0.600. The van der Waals surface area contributed by atoms with Crippen LogP contribution in [0.5, 0.6) is 0 Å². The highest BCUT2D eigenvalue weighted by molar-refractivity contribution is 5.70. The van der Waals surface area contributed by atoms with E-state index >= 15 is 0 Å². The Labute approximate surface area is 82.5 Å². The molecular weight excluding hydrogens is 180 g/mol. The summed E-state index contributed by atoms with van der Waals surface area (Å²) in [5, 5.41) is 13.2. The standard InChI is InChI=1S/C10H14N2O2/c1-2-12-9-5-7(10(13)14)3-4-8(9)6-11-12/h6-7H,2-5H2,1H3,(H,13,14). The quantitative estimate of drug-likeness (QED) is 0.766. The molecule has 1 aromatic heterocycles. The summed E-state index contributed by atoms with van der Waals surface area (Å²) in [4.78, 5) is 10.9. The molecule has 0 saturated heterocycles. The molecule has 1 heterocycles. The largest absolute Gasteiger partial charge is 0.481 e. The topological polar surface area (TPSA) is 55.1 Å². The summed E-state index contributed by atoms with van der Waals surface area (Å²) in [6.07, 6.45) is 4.11. The van der Waals surface area contributed by atoms with E-state index in [1.165, 1.54) is 5.56 Å². The van der Waals surface area contributed by atoms with E-state index in [2.05, 4.69) is 5.10 Å². The van der Waals surface area contributed by atoms with Crippen molar-refractivity contribution in [2.45, 2.75) is 32.7 Å². The summed E-state index contributed by atoms with van der Waals surface area (Å²) in [5.74, 6) is -0.899. The van der Waals surface area contributed by atoms with Gasteiger partial charge >= 0.3 is 5.97 Å². The van der Waals surface area contributed by atoms with Gasteiger partial charge in [0.15, 0.2) is 0 Å². The zero-order valence-corrected chi connectivity index (χ0v) is 8.23. The normalized spacial score (nSPS) is 20.5. The molecule has 4 heteroatoms. The van der Waals surface area contributed by atoms with Gasteiger partial charge < -0.3 is 5.11 Å². The van der Waals surface area contributed by atoms with Gasteiger partial charge in [-0.1, -0.05) is 0 Å². The molecular formula is C10H14N2O2. The average Bonchev–Trinajstić information content (AvgIpc) is 2.59. The Morgan fingerprint density at radius 1 is 1.79 bits per heavy atom. The number of hydrogen-bond donors (Lipinski definition) is 1. The van der Waals surface area contributed by atoms with Crippen molar-refractivity contribution in [3.63, 3.8) is 0 Å². The van der Waals surface area contributed by atoms with Crippen molar-refractivity contribution >= 4 is 5.97 Å². The second kappa shape index (κ2) is 3.44. The van der Waals surface area contributed by atoms with Gasteiger partial charge in [-0.3, -0.25) is 9.48 Å². The van der Waals surface area contributed by atoms with Gasteiger partial charge in [-0.2, -0.15) is 5.10 Å². The van der Waals surface area contributed by atoms with Crippen LogP contribution in [0.4, 0.5) is 0 Å². The Morgan fingerprint density at radius 3 is 3.21 bits per heavy atom. The van der Waals surface area contributed by atoms with Crippen LogP contribution in [0, 0.1) is 5.92 Å². The van der Waals surface area contributed by atoms with Crippen molar-refractivity contribution in [3.05, 3.63) is 17.5 Å². The molecule has 1 aliphatic rings. The van der Waals surface area contributed by atoms with Gasteiger partial charge in [-0.25, -0.2) is 0 Å². The van der Waals surface area contributed by atoms with Gasteiger partial charge in [0.25, 0.3) is 0 Å². The summed E-state index contributed by atoms with van der Waals surface area (Å²) in [7, 11) is 0. The first-order chi connectivity index (χ1) is 6.72. The van der Waals surface area contributed by atoms with Crippen LogP contribution in [0.15, 0.2) is 6.20 Å². The highest BCUT2D eigenvalue weighted by Gasteiger charge is 2.26. The van der Waals surface area contributed by atoms with Gasteiger partial charge in [0.2, 0.25) is 0 Å². The molecule has 0 bridgehead atoms. The van der Waals surface area contributed by atoms with Gasteiger partial charge in [-0.05, 0) is 25.3 Å². The first-order valence-electron chi connectivity index (χ1n) is 4.98. The fourth-order valence-corrected chi connectivity index (χ4v) is 2.04. The van der Waals surface area contributed by atoms with Crippen molar-refractivity contribution in [1.29, 1.82) is 0 Å². The van der Waals surface area contributed by atoms with Crippen molar-refractivity contribution in [3.8, 4) is 0 Å². The molecule has 0 spiro atoms. The van der Waals surface area contributed by atoms with E-state index in [9.17, 15) is 4.79 Å². The van der Waals surface area contributed by atoms with Gasteiger partial charge in [0.1, 0.15) is 0 Å². The molecule has 0 amide bonds.